The normalized spacial score (nSPS) is 13.0. The summed E-state index contributed by atoms with van der Waals surface area (Å²) in [5, 5.41) is 3.57. The molecule has 0 spiro atoms. The minimum Gasteiger partial charge on any atom is -0.383 e. The molecule has 0 fully saturated rings. The lowest BCUT2D eigenvalue weighted by molar-refractivity contribution is 0.195. The molecular formula is C12H26ClNO. The number of halogens is 1. The highest BCUT2D eigenvalue weighted by Crippen LogP contribution is 2.02. The number of nitrogens with one attached hydrogen (secondary N) is 1. The van der Waals surface area contributed by atoms with Gasteiger partial charge in [0.25, 0.3) is 0 Å². The smallest absolute Gasteiger partial charge is 0.0626 e. The van der Waals surface area contributed by atoms with Crippen molar-refractivity contribution in [3.63, 3.8) is 0 Å². The predicted molar refractivity (Wildman–Crippen MR) is 67.8 cm³/mol. The van der Waals surface area contributed by atoms with Gasteiger partial charge in [0, 0.05) is 7.11 Å². The molecule has 0 aliphatic carbocycles. The van der Waals surface area contributed by atoms with Gasteiger partial charge in [-0.15, -0.1) is 11.6 Å². The molecule has 1 unspecified atom stereocenters. The van der Waals surface area contributed by atoms with E-state index in [0.717, 1.165) is 19.5 Å². The van der Waals surface area contributed by atoms with E-state index in [4.69, 9.17) is 16.3 Å². The van der Waals surface area contributed by atoms with Crippen LogP contribution in [0.25, 0.3) is 0 Å². The van der Waals surface area contributed by atoms with Crippen LogP contribution in [0.15, 0.2) is 0 Å². The van der Waals surface area contributed by atoms with Crippen LogP contribution in [-0.4, -0.2) is 32.2 Å². The second-order valence-electron chi connectivity index (χ2n) is 4.01. The monoisotopic (exact) mass is 235 g/mol. The van der Waals surface area contributed by atoms with Crippen molar-refractivity contribution in [2.45, 2.75) is 50.8 Å². The van der Waals surface area contributed by atoms with Crippen LogP contribution in [0.4, 0.5) is 0 Å². The highest BCUT2D eigenvalue weighted by molar-refractivity contribution is 6.20. The standard InChI is InChI=1S/C12H26ClNO/c1-3-4-5-6-7-9-14-10-8-12(13)11-15-2/h12,14H,3-11H2,1-2H3. The quantitative estimate of drug-likeness (QED) is 0.439. The van der Waals surface area contributed by atoms with Gasteiger partial charge in [-0.1, -0.05) is 32.6 Å². The van der Waals surface area contributed by atoms with E-state index in [1.54, 1.807) is 7.11 Å². The Morgan fingerprint density at radius 3 is 2.53 bits per heavy atom. The minimum absolute atomic E-state index is 0.155. The second-order valence-corrected chi connectivity index (χ2v) is 4.62. The molecule has 15 heavy (non-hydrogen) atoms. The molecule has 92 valence electrons. The molecule has 0 aromatic heterocycles. The predicted octanol–water partition coefficient (Wildman–Crippen LogP) is 3.19. The maximum Gasteiger partial charge on any atom is 0.0626 e. The molecule has 0 aliphatic heterocycles. The molecule has 0 saturated heterocycles. The summed E-state index contributed by atoms with van der Waals surface area (Å²) >= 11 is 6.00. The number of hydrogen-bond donors (Lipinski definition) is 1. The Hall–Kier alpha value is 0.210. The molecule has 1 atom stereocenters. The summed E-state index contributed by atoms with van der Waals surface area (Å²) in [6, 6.07) is 0. The van der Waals surface area contributed by atoms with Gasteiger partial charge in [-0.05, 0) is 25.9 Å². The topological polar surface area (TPSA) is 21.3 Å². The zero-order valence-corrected chi connectivity index (χ0v) is 11.0. The van der Waals surface area contributed by atoms with Gasteiger partial charge in [-0.2, -0.15) is 0 Å². The zero-order chi connectivity index (χ0) is 11.4. The largest absolute Gasteiger partial charge is 0.383 e. The van der Waals surface area contributed by atoms with Crippen LogP contribution >= 0.6 is 11.6 Å². The Labute approximate surface area is 99.7 Å². The van der Waals surface area contributed by atoms with Crippen molar-refractivity contribution in [3.8, 4) is 0 Å². The third-order valence-electron chi connectivity index (χ3n) is 2.44. The first-order valence-electron chi connectivity index (χ1n) is 6.15. The molecule has 0 aliphatic rings. The van der Waals surface area contributed by atoms with E-state index in [2.05, 4.69) is 12.2 Å². The van der Waals surface area contributed by atoms with Crippen LogP contribution in [0.1, 0.15) is 45.4 Å². The summed E-state index contributed by atoms with van der Waals surface area (Å²) in [6.07, 6.45) is 7.70. The van der Waals surface area contributed by atoms with E-state index < -0.39 is 0 Å². The fourth-order valence-corrected chi connectivity index (χ4v) is 1.74. The number of hydrogen-bond acceptors (Lipinski definition) is 2. The van der Waals surface area contributed by atoms with Gasteiger partial charge in [-0.3, -0.25) is 0 Å². The SMILES string of the molecule is CCCCCCCNCCC(Cl)COC. The number of ether oxygens (including phenoxy) is 1. The van der Waals surface area contributed by atoms with Crippen molar-refractivity contribution in [2.24, 2.45) is 0 Å². The van der Waals surface area contributed by atoms with E-state index in [1.807, 2.05) is 0 Å². The van der Waals surface area contributed by atoms with Gasteiger partial charge in [0.15, 0.2) is 0 Å². The van der Waals surface area contributed by atoms with E-state index in [1.165, 1.54) is 32.1 Å². The van der Waals surface area contributed by atoms with E-state index in [9.17, 15) is 0 Å². The summed E-state index contributed by atoms with van der Waals surface area (Å²) < 4.78 is 4.97. The fraction of sp³-hybridized carbons (Fsp3) is 1.00. The molecule has 0 bridgehead atoms. The molecule has 0 amide bonds. The minimum atomic E-state index is 0.155. The van der Waals surface area contributed by atoms with Gasteiger partial charge >= 0.3 is 0 Å². The zero-order valence-electron chi connectivity index (χ0n) is 10.2. The fourth-order valence-electron chi connectivity index (χ4n) is 1.50. The summed E-state index contributed by atoms with van der Waals surface area (Å²) in [5.74, 6) is 0. The Bertz CT molecular complexity index is 122. The highest BCUT2D eigenvalue weighted by Gasteiger charge is 2.02. The Morgan fingerprint density at radius 2 is 1.87 bits per heavy atom. The van der Waals surface area contributed by atoms with Crippen molar-refractivity contribution >= 4 is 11.6 Å². The van der Waals surface area contributed by atoms with Gasteiger partial charge in [-0.25, -0.2) is 0 Å². The summed E-state index contributed by atoms with van der Waals surface area (Å²) in [4.78, 5) is 0. The molecule has 0 saturated carbocycles. The van der Waals surface area contributed by atoms with Gasteiger partial charge < -0.3 is 10.1 Å². The van der Waals surface area contributed by atoms with Crippen molar-refractivity contribution < 1.29 is 4.74 Å². The Morgan fingerprint density at radius 1 is 1.13 bits per heavy atom. The van der Waals surface area contributed by atoms with Crippen molar-refractivity contribution in [1.82, 2.24) is 5.32 Å². The summed E-state index contributed by atoms with van der Waals surface area (Å²) in [6.45, 7) is 5.03. The van der Waals surface area contributed by atoms with E-state index in [-0.39, 0.29) is 5.38 Å². The third kappa shape index (κ3) is 12.1. The van der Waals surface area contributed by atoms with E-state index >= 15 is 0 Å². The van der Waals surface area contributed by atoms with Crippen LogP contribution in [0.5, 0.6) is 0 Å². The molecule has 3 heteroatoms. The van der Waals surface area contributed by atoms with Gasteiger partial charge in [0.05, 0.1) is 12.0 Å². The second kappa shape index (κ2) is 12.3. The lowest BCUT2D eigenvalue weighted by Gasteiger charge is -2.08. The third-order valence-corrected chi connectivity index (χ3v) is 2.78. The molecule has 2 nitrogen and oxygen atoms in total. The number of unbranched alkanes of at least 4 members (excludes halogenated alkanes) is 4. The molecular weight excluding hydrogens is 210 g/mol. The van der Waals surface area contributed by atoms with Crippen molar-refractivity contribution in [2.75, 3.05) is 26.8 Å². The Kier molecular flexibility index (Phi) is 12.5. The average molecular weight is 236 g/mol. The first kappa shape index (κ1) is 15.2. The number of rotatable bonds is 11. The van der Waals surface area contributed by atoms with Gasteiger partial charge in [0.2, 0.25) is 0 Å². The molecule has 0 aromatic carbocycles. The maximum absolute atomic E-state index is 6.00. The number of methoxy groups -OCH3 is 1. The summed E-state index contributed by atoms with van der Waals surface area (Å²) in [7, 11) is 1.69. The molecule has 0 rings (SSSR count). The van der Waals surface area contributed by atoms with Crippen LogP contribution in [0, 0.1) is 0 Å². The molecule has 0 heterocycles. The summed E-state index contributed by atoms with van der Waals surface area (Å²) in [5.41, 5.74) is 0. The van der Waals surface area contributed by atoms with E-state index in [0.29, 0.717) is 6.61 Å². The van der Waals surface area contributed by atoms with Crippen LogP contribution < -0.4 is 5.32 Å². The Balaban J connectivity index is 2.98. The van der Waals surface area contributed by atoms with Crippen molar-refractivity contribution in [3.05, 3.63) is 0 Å². The van der Waals surface area contributed by atoms with Crippen molar-refractivity contribution in [1.29, 1.82) is 0 Å². The highest BCUT2D eigenvalue weighted by atomic mass is 35.5. The first-order chi connectivity index (χ1) is 7.31. The lowest BCUT2D eigenvalue weighted by atomic mass is 10.1. The number of alkyl halides is 1. The van der Waals surface area contributed by atoms with Crippen LogP contribution in [0.3, 0.4) is 0 Å². The lowest BCUT2D eigenvalue weighted by Crippen LogP contribution is -2.21. The maximum atomic E-state index is 6.00. The van der Waals surface area contributed by atoms with Gasteiger partial charge in [0.1, 0.15) is 0 Å². The molecule has 0 aromatic rings. The molecule has 0 radical (unpaired) electrons. The average Bonchev–Trinajstić information content (AvgIpc) is 2.22. The first-order valence-corrected chi connectivity index (χ1v) is 6.58. The van der Waals surface area contributed by atoms with Crippen LogP contribution in [-0.2, 0) is 4.74 Å². The van der Waals surface area contributed by atoms with Crippen LogP contribution in [0.2, 0.25) is 0 Å². The molecule has 1 N–H and O–H groups in total.